The van der Waals surface area contributed by atoms with Crippen LogP contribution >= 0.6 is 11.6 Å². The van der Waals surface area contributed by atoms with E-state index in [-0.39, 0.29) is 29.8 Å². The van der Waals surface area contributed by atoms with Gasteiger partial charge in [-0.2, -0.15) is 0 Å². The number of hydrogen-bond acceptors (Lipinski definition) is 4. The summed E-state index contributed by atoms with van der Waals surface area (Å²) in [5.41, 5.74) is 0.794. The second kappa shape index (κ2) is 5.96. The highest BCUT2D eigenvalue weighted by Gasteiger charge is 2.21. The van der Waals surface area contributed by atoms with Gasteiger partial charge in [-0.05, 0) is 12.1 Å². The maximum atomic E-state index is 11.7. The molecule has 5 nitrogen and oxygen atoms in total. The van der Waals surface area contributed by atoms with Gasteiger partial charge in [0.05, 0.1) is 12.8 Å². The standard InChI is InChI=1S/C14H14ClNO4/c1-8(17)13-12(16-11(18)6-7-15)9-4-3-5-10(19-2)14(9)20-13/h3-5H,6-7H2,1-2H3,(H,16,18). The lowest BCUT2D eigenvalue weighted by molar-refractivity contribution is -0.115. The molecular formula is C14H14ClNO4. The minimum atomic E-state index is -0.274. The maximum Gasteiger partial charge on any atom is 0.225 e. The molecule has 1 N–H and O–H groups in total. The molecule has 0 unspecified atom stereocenters. The minimum Gasteiger partial charge on any atom is -0.493 e. The van der Waals surface area contributed by atoms with E-state index < -0.39 is 0 Å². The molecule has 0 fully saturated rings. The van der Waals surface area contributed by atoms with Gasteiger partial charge in [-0.25, -0.2) is 0 Å². The lowest BCUT2D eigenvalue weighted by Gasteiger charge is -2.03. The Bertz CT molecular complexity index is 662. The smallest absolute Gasteiger partial charge is 0.225 e. The van der Waals surface area contributed by atoms with Gasteiger partial charge in [0.25, 0.3) is 0 Å². The fourth-order valence-electron chi connectivity index (χ4n) is 1.91. The van der Waals surface area contributed by atoms with Crippen LogP contribution in [0, 0.1) is 0 Å². The Morgan fingerprint density at radius 1 is 1.40 bits per heavy atom. The van der Waals surface area contributed by atoms with Gasteiger partial charge in [-0.3, -0.25) is 9.59 Å². The summed E-state index contributed by atoms with van der Waals surface area (Å²) >= 11 is 5.53. The monoisotopic (exact) mass is 295 g/mol. The Morgan fingerprint density at radius 2 is 2.15 bits per heavy atom. The highest BCUT2D eigenvalue weighted by Crippen LogP contribution is 2.36. The Balaban J connectivity index is 2.57. The van der Waals surface area contributed by atoms with Gasteiger partial charge < -0.3 is 14.5 Å². The summed E-state index contributed by atoms with van der Waals surface area (Å²) in [7, 11) is 1.51. The second-order valence-corrected chi connectivity index (χ2v) is 4.56. The topological polar surface area (TPSA) is 68.5 Å². The number of carbonyl (C=O) groups excluding carboxylic acids is 2. The van der Waals surface area contributed by atoms with Crippen LogP contribution in [0.15, 0.2) is 22.6 Å². The maximum absolute atomic E-state index is 11.7. The number of anilines is 1. The van der Waals surface area contributed by atoms with E-state index in [2.05, 4.69) is 5.32 Å². The molecule has 0 radical (unpaired) electrons. The van der Waals surface area contributed by atoms with Crippen LogP contribution in [0.1, 0.15) is 23.9 Å². The molecule has 0 saturated heterocycles. The second-order valence-electron chi connectivity index (χ2n) is 4.19. The van der Waals surface area contributed by atoms with Gasteiger partial charge in [-0.1, -0.05) is 6.07 Å². The summed E-state index contributed by atoms with van der Waals surface area (Å²) in [6, 6.07) is 5.24. The minimum absolute atomic E-state index is 0.104. The van der Waals surface area contributed by atoms with E-state index in [0.29, 0.717) is 22.4 Å². The van der Waals surface area contributed by atoms with Crippen LogP contribution in [0.4, 0.5) is 5.69 Å². The number of benzene rings is 1. The third kappa shape index (κ3) is 2.63. The van der Waals surface area contributed by atoms with E-state index in [9.17, 15) is 9.59 Å². The van der Waals surface area contributed by atoms with Crippen LogP contribution in [0.3, 0.4) is 0 Å². The van der Waals surface area contributed by atoms with Crippen molar-refractivity contribution >= 4 is 39.9 Å². The van der Waals surface area contributed by atoms with Crippen molar-refractivity contribution in [1.29, 1.82) is 0 Å². The predicted octanol–water partition coefficient (Wildman–Crippen LogP) is 3.21. The van der Waals surface area contributed by atoms with Crippen molar-refractivity contribution in [3.8, 4) is 5.75 Å². The molecule has 106 valence electrons. The van der Waals surface area contributed by atoms with Crippen LogP contribution in [0.25, 0.3) is 11.0 Å². The molecule has 0 bridgehead atoms. The van der Waals surface area contributed by atoms with Crippen LogP contribution in [-0.2, 0) is 4.79 Å². The van der Waals surface area contributed by atoms with E-state index in [1.165, 1.54) is 14.0 Å². The Hall–Kier alpha value is -2.01. The summed E-state index contributed by atoms with van der Waals surface area (Å²) in [5.74, 6) is 0.271. The number of methoxy groups -OCH3 is 1. The number of alkyl halides is 1. The quantitative estimate of drug-likeness (QED) is 0.679. The fraction of sp³-hybridized carbons (Fsp3) is 0.286. The van der Waals surface area contributed by atoms with Crippen LogP contribution in [-0.4, -0.2) is 24.7 Å². The van der Waals surface area contributed by atoms with Crippen molar-refractivity contribution in [3.63, 3.8) is 0 Å². The van der Waals surface area contributed by atoms with Gasteiger partial charge in [0.15, 0.2) is 22.9 Å². The summed E-state index contributed by atoms with van der Waals surface area (Å²) in [6.07, 6.45) is 0.162. The predicted molar refractivity (Wildman–Crippen MR) is 76.7 cm³/mol. The molecule has 0 saturated carbocycles. The number of rotatable bonds is 5. The Labute approximate surface area is 120 Å². The van der Waals surface area contributed by atoms with E-state index in [1.807, 2.05) is 0 Å². The lowest BCUT2D eigenvalue weighted by Crippen LogP contribution is -2.13. The number of carbonyl (C=O) groups is 2. The molecule has 0 aliphatic heterocycles. The summed E-state index contributed by atoms with van der Waals surface area (Å²) in [6.45, 7) is 1.38. The molecule has 20 heavy (non-hydrogen) atoms. The van der Waals surface area contributed by atoms with Crippen LogP contribution < -0.4 is 10.1 Å². The third-order valence-corrected chi connectivity index (χ3v) is 2.99. The van der Waals surface area contributed by atoms with Gasteiger partial charge in [0.1, 0.15) is 0 Å². The Kier molecular flexibility index (Phi) is 4.29. The lowest BCUT2D eigenvalue weighted by atomic mass is 10.2. The van der Waals surface area contributed by atoms with Gasteiger partial charge >= 0.3 is 0 Å². The zero-order valence-corrected chi connectivity index (χ0v) is 11.9. The molecule has 0 spiro atoms. The number of hydrogen-bond donors (Lipinski definition) is 1. The Morgan fingerprint density at radius 3 is 2.75 bits per heavy atom. The van der Waals surface area contributed by atoms with Crippen molar-refractivity contribution in [2.45, 2.75) is 13.3 Å². The summed E-state index contributed by atoms with van der Waals surface area (Å²) in [5, 5.41) is 3.30. The summed E-state index contributed by atoms with van der Waals surface area (Å²) < 4.78 is 10.7. The third-order valence-electron chi connectivity index (χ3n) is 2.81. The van der Waals surface area contributed by atoms with Crippen LogP contribution in [0.5, 0.6) is 5.75 Å². The van der Waals surface area contributed by atoms with Crippen molar-refractivity contribution in [3.05, 3.63) is 24.0 Å². The number of ketones is 1. The molecule has 1 aromatic heterocycles. The van der Waals surface area contributed by atoms with Crippen molar-refractivity contribution < 1.29 is 18.7 Å². The SMILES string of the molecule is COc1cccc2c(NC(=O)CCCl)c(C(C)=O)oc12. The first kappa shape index (κ1) is 14.4. The molecule has 6 heteroatoms. The number of ether oxygens (including phenoxy) is 1. The fourth-order valence-corrected chi connectivity index (χ4v) is 2.09. The number of furan rings is 1. The number of nitrogens with one attached hydrogen (secondary N) is 1. The highest BCUT2D eigenvalue weighted by molar-refractivity contribution is 6.19. The number of halogens is 1. The van der Waals surface area contributed by atoms with Crippen molar-refractivity contribution in [2.75, 3.05) is 18.3 Å². The zero-order chi connectivity index (χ0) is 14.7. The molecular weight excluding hydrogens is 282 g/mol. The van der Waals surface area contributed by atoms with Gasteiger partial charge in [0.2, 0.25) is 5.91 Å². The average molecular weight is 296 g/mol. The molecule has 0 aliphatic carbocycles. The first-order valence-corrected chi connectivity index (χ1v) is 6.58. The van der Waals surface area contributed by atoms with E-state index in [4.69, 9.17) is 20.8 Å². The van der Waals surface area contributed by atoms with E-state index in [0.717, 1.165) is 0 Å². The van der Waals surface area contributed by atoms with Crippen molar-refractivity contribution in [2.24, 2.45) is 0 Å². The summed E-state index contributed by atoms with van der Waals surface area (Å²) in [4.78, 5) is 23.4. The number of amides is 1. The molecule has 2 rings (SSSR count). The number of fused-ring (bicyclic) bond motifs is 1. The average Bonchev–Trinajstić information content (AvgIpc) is 2.78. The molecule has 2 aromatic rings. The first-order valence-electron chi connectivity index (χ1n) is 6.04. The zero-order valence-electron chi connectivity index (χ0n) is 11.2. The largest absolute Gasteiger partial charge is 0.493 e. The molecule has 0 atom stereocenters. The van der Waals surface area contributed by atoms with Crippen molar-refractivity contribution in [1.82, 2.24) is 0 Å². The van der Waals surface area contributed by atoms with Gasteiger partial charge in [0, 0.05) is 24.6 Å². The number of para-hydroxylation sites is 1. The van der Waals surface area contributed by atoms with E-state index in [1.54, 1.807) is 18.2 Å². The van der Waals surface area contributed by atoms with Gasteiger partial charge in [-0.15, -0.1) is 11.6 Å². The molecule has 1 aromatic carbocycles. The normalized spacial score (nSPS) is 10.6. The first-order chi connectivity index (χ1) is 9.58. The van der Waals surface area contributed by atoms with E-state index >= 15 is 0 Å². The molecule has 1 amide bonds. The van der Waals surface area contributed by atoms with Crippen LogP contribution in [0.2, 0.25) is 0 Å². The highest BCUT2D eigenvalue weighted by atomic mass is 35.5. The molecule has 0 aliphatic rings. The number of Topliss-reactive ketones (excluding diaryl/α,β-unsaturated/α-hetero) is 1. The molecule has 1 heterocycles.